The number of anilines is 2. The highest BCUT2D eigenvalue weighted by atomic mass is 16.2. The third-order valence-corrected chi connectivity index (χ3v) is 3.95. The molecule has 0 aliphatic heterocycles. The number of pyridine rings is 1. The number of hydrogen-bond acceptors (Lipinski definition) is 4. The number of aromatic nitrogens is 1. The van der Waals surface area contributed by atoms with Crippen molar-refractivity contribution in [2.75, 3.05) is 10.6 Å². The van der Waals surface area contributed by atoms with Crippen LogP contribution in [0.15, 0.2) is 42.6 Å². The summed E-state index contributed by atoms with van der Waals surface area (Å²) in [7, 11) is 0. The van der Waals surface area contributed by atoms with Crippen LogP contribution >= 0.6 is 0 Å². The molecule has 4 N–H and O–H groups in total. The molecule has 1 heterocycles. The molecule has 1 unspecified atom stereocenters. The van der Waals surface area contributed by atoms with E-state index in [2.05, 4.69) is 15.6 Å². The van der Waals surface area contributed by atoms with Crippen LogP contribution in [-0.2, 0) is 9.59 Å². The van der Waals surface area contributed by atoms with Crippen LogP contribution in [0.25, 0.3) is 0 Å². The molecule has 1 atom stereocenters. The van der Waals surface area contributed by atoms with Gasteiger partial charge in [-0.15, -0.1) is 0 Å². The minimum absolute atomic E-state index is 0.000629. The van der Waals surface area contributed by atoms with Crippen molar-refractivity contribution in [1.29, 1.82) is 0 Å². The highest BCUT2D eigenvalue weighted by molar-refractivity contribution is 5.96. The van der Waals surface area contributed by atoms with Gasteiger partial charge in [-0.05, 0) is 37.5 Å². The van der Waals surface area contributed by atoms with Gasteiger partial charge in [0.05, 0.1) is 11.9 Å². The second-order valence-electron chi connectivity index (χ2n) is 6.07. The summed E-state index contributed by atoms with van der Waals surface area (Å²) < 4.78 is 0. The van der Waals surface area contributed by atoms with Crippen molar-refractivity contribution < 1.29 is 9.59 Å². The molecule has 0 bridgehead atoms. The minimum atomic E-state index is -0.750. The lowest BCUT2D eigenvalue weighted by molar-refractivity contribution is -0.118. The van der Waals surface area contributed by atoms with E-state index in [-0.39, 0.29) is 17.7 Å². The zero-order valence-electron chi connectivity index (χ0n) is 13.5. The summed E-state index contributed by atoms with van der Waals surface area (Å²) >= 11 is 0. The van der Waals surface area contributed by atoms with Crippen LogP contribution in [-0.4, -0.2) is 16.8 Å². The van der Waals surface area contributed by atoms with E-state index in [1.165, 1.54) is 6.20 Å². The molecule has 2 aromatic rings. The van der Waals surface area contributed by atoms with E-state index < -0.39 is 6.04 Å². The number of nitrogens with two attached hydrogens (primary N) is 1. The third-order valence-electron chi connectivity index (χ3n) is 3.95. The van der Waals surface area contributed by atoms with Gasteiger partial charge in [0.1, 0.15) is 11.9 Å². The Labute approximate surface area is 140 Å². The van der Waals surface area contributed by atoms with Crippen molar-refractivity contribution in [3.05, 3.63) is 53.7 Å². The maximum Gasteiger partial charge on any atom is 0.245 e. The van der Waals surface area contributed by atoms with Crippen LogP contribution in [0.5, 0.6) is 0 Å². The molecule has 1 aliphatic carbocycles. The van der Waals surface area contributed by atoms with Crippen molar-refractivity contribution in [3.8, 4) is 0 Å². The number of benzene rings is 1. The fourth-order valence-electron chi connectivity index (χ4n) is 2.26. The molecule has 124 valence electrons. The molecule has 0 radical (unpaired) electrons. The zero-order valence-corrected chi connectivity index (χ0v) is 13.5. The molecular weight excluding hydrogens is 304 g/mol. The highest BCUT2D eigenvalue weighted by Gasteiger charge is 2.29. The van der Waals surface area contributed by atoms with Gasteiger partial charge in [0.25, 0.3) is 0 Å². The van der Waals surface area contributed by atoms with Gasteiger partial charge in [0.2, 0.25) is 11.8 Å². The van der Waals surface area contributed by atoms with Crippen LogP contribution in [0.3, 0.4) is 0 Å². The van der Waals surface area contributed by atoms with Crippen molar-refractivity contribution in [2.45, 2.75) is 25.8 Å². The van der Waals surface area contributed by atoms with E-state index in [0.29, 0.717) is 11.5 Å². The number of amides is 2. The van der Waals surface area contributed by atoms with Gasteiger partial charge in [0, 0.05) is 5.92 Å². The lowest BCUT2D eigenvalue weighted by atomic mass is 10.1. The largest absolute Gasteiger partial charge is 0.323 e. The lowest BCUT2D eigenvalue weighted by Gasteiger charge is -2.13. The molecule has 6 nitrogen and oxygen atoms in total. The van der Waals surface area contributed by atoms with Gasteiger partial charge in [-0.1, -0.05) is 29.8 Å². The topological polar surface area (TPSA) is 97.1 Å². The average Bonchev–Trinajstić information content (AvgIpc) is 3.41. The van der Waals surface area contributed by atoms with Gasteiger partial charge in [-0.2, -0.15) is 0 Å². The molecule has 0 saturated heterocycles. The first-order valence-corrected chi connectivity index (χ1v) is 7.93. The van der Waals surface area contributed by atoms with E-state index >= 15 is 0 Å². The molecule has 1 fully saturated rings. The molecule has 1 aromatic carbocycles. The van der Waals surface area contributed by atoms with E-state index in [1.54, 1.807) is 12.1 Å². The summed E-state index contributed by atoms with van der Waals surface area (Å²) in [5.41, 5.74) is 8.38. The molecule has 6 heteroatoms. The maximum atomic E-state index is 12.2. The van der Waals surface area contributed by atoms with Crippen molar-refractivity contribution in [1.82, 2.24) is 4.98 Å². The summed E-state index contributed by atoms with van der Waals surface area (Å²) in [6.45, 7) is 1.98. The van der Waals surface area contributed by atoms with Gasteiger partial charge in [0.15, 0.2) is 0 Å². The van der Waals surface area contributed by atoms with E-state index in [1.807, 2.05) is 31.2 Å². The predicted molar refractivity (Wildman–Crippen MR) is 92.3 cm³/mol. The van der Waals surface area contributed by atoms with Crippen LogP contribution in [0.1, 0.15) is 30.0 Å². The van der Waals surface area contributed by atoms with Crippen LogP contribution < -0.4 is 16.4 Å². The Morgan fingerprint density at radius 1 is 1.12 bits per heavy atom. The first kappa shape index (κ1) is 16.1. The quantitative estimate of drug-likeness (QED) is 0.786. The smallest absolute Gasteiger partial charge is 0.245 e. The normalized spacial score (nSPS) is 14.8. The third kappa shape index (κ3) is 3.97. The van der Waals surface area contributed by atoms with Gasteiger partial charge in [-0.3, -0.25) is 9.59 Å². The van der Waals surface area contributed by atoms with Crippen molar-refractivity contribution in [2.24, 2.45) is 11.7 Å². The molecule has 0 spiro atoms. The number of rotatable bonds is 5. The van der Waals surface area contributed by atoms with Crippen LogP contribution in [0.4, 0.5) is 11.5 Å². The minimum Gasteiger partial charge on any atom is -0.323 e. The standard InChI is InChI=1S/C18H20N4O2/c1-11-2-4-12(5-3-11)16(19)18(24)21-14-8-9-15(20-10-14)22-17(23)13-6-7-13/h2-5,8-10,13,16H,6-7,19H2,1H3,(H,21,24)(H,20,22,23). The number of carbonyl (C=O) groups excluding carboxylic acids is 2. The summed E-state index contributed by atoms with van der Waals surface area (Å²) in [5, 5.41) is 5.48. The molecule has 3 rings (SSSR count). The number of aryl methyl sites for hydroxylation is 1. The fourth-order valence-corrected chi connectivity index (χ4v) is 2.26. The predicted octanol–water partition coefficient (Wildman–Crippen LogP) is 2.38. The van der Waals surface area contributed by atoms with E-state index in [4.69, 9.17) is 5.73 Å². The highest BCUT2D eigenvalue weighted by Crippen LogP contribution is 2.30. The first-order chi connectivity index (χ1) is 11.5. The Morgan fingerprint density at radius 2 is 1.83 bits per heavy atom. The number of hydrogen-bond donors (Lipinski definition) is 3. The molecule has 1 aromatic heterocycles. The monoisotopic (exact) mass is 324 g/mol. The maximum absolute atomic E-state index is 12.2. The lowest BCUT2D eigenvalue weighted by Crippen LogP contribution is -2.27. The summed E-state index contributed by atoms with van der Waals surface area (Å²) in [6, 6.07) is 10.1. The van der Waals surface area contributed by atoms with Crippen molar-refractivity contribution in [3.63, 3.8) is 0 Å². The Morgan fingerprint density at radius 3 is 2.42 bits per heavy atom. The van der Waals surface area contributed by atoms with Crippen molar-refractivity contribution >= 4 is 23.3 Å². The zero-order chi connectivity index (χ0) is 17.1. The number of nitrogens with zero attached hydrogens (tertiary/aromatic N) is 1. The number of carbonyl (C=O) groups is 2. The molecular formula is C18H20N4O2. The van der Waals surface area contributed by atoms with E-state index in [9.17, 15) is 9.59 Å². The molecule has 1 aliphatic rings. The summed E-state index contributed by atoms with van der Waals surface area (Å²) in [5.74, 6) is 0.294. The Balaban J connectivity index is 1.59. The Kier molecular flexibility index (Phi) is 4.57. The van der Waals surface area contributed by atoms with Gasteiger partial charge < -0.3 is 16.4 Å². The first-order valence-electron chi connectivity index (χ1n) is 7.93. The molecule has 1 saturated carbocycles. The summed E-state index contributed by atoms with van der Waals surface area (Å²) in [6.07, 6.45) is 3.38. The van der Waals surface area contributed by atoms with Gasteiger partial charge >= 0.3 is 0 Å². The number of nitrogens with one attached hydrogen (secondary N) is 2. The fraction of sp³-hybridized carbons (Fsp3) is 0.278. The Hall–Kier alpha value is -2.73. The second-order valence-corrected chi connectivity index (χ2v) is 6.07. The average molecular weight is 324 g/mol. The van der Waals surface area contributed by atoms with E-state index in [0.717, 1.165) is 24.0 Å². The second kappa shape index (κ2) is 6.80. The molecule has 2 amide bonds. The van der Waals surface area contributed by atoms with Crippen LogP contribution in [0, 0.1) is 12.8 Å². The Bertz CT molecular complexity index is 737. The van der Waals surface area contributed by atoms with Crippen LogP contribution in [0.2, 0.25) is 0 Å². The summed E-state index contributed by atoms with van der Waals surface area (Å²) in [4.78, 5) is 28.0. The SMILES string of the molecule is Cc1ccc(C(N)C(=O)Nc2ccc(NC(=O)C3CC3)nc2)cc1. The molecule has 24 heavy (non-hydrogen) atoms. The van der Waals surface area contributed by atoms with Gasteiger partial charge in [-0.25, -0.2) is 4.98 Å².